The van der Waals surface area contributed by atoms with Gasteiger partial charge < -0.3 is 14.8 Å². The fourth-order valence-electron chi connectivity index (χ4n) is 1.92. The third-order valence-corrected chi connectivity index (χ3v) is 3.06. The van der Waals surface area contributed by atoms with E-state index in [-0.39, 0.29) is 0 Å². The second kappa shape index (κ2) is 8.08. The van der Waals surface area contributed by atoms with Crippen molar-refractivity contribution in [3.63, 3.8) is 0 Å². The predicted octanol–water partition coefficient (Wildman–Crippen LogP) is 1.82. The Kier molecular flexibility index (Phi) is 6.98. The van der Waals surface area contributed by atoms with Gasteiger partial charge in [-0.1, -0.05) is 0 Å². The summed E-state index contributed by atoms with van der Waals surface area (Å²) in [6.07, 6.45) is 3.58. The monoisotopic (exact) mass is 215 g/mol. The molecule has 2 atom stereocenters. The van der Waals surface area contributed by atoms with E-state index < -0.39 is 0 Å². The number of ether oxygens (including phenoxy) is 2. The molecule has 90 valence electrons. The SMILES string of the molecule is CCOCCCCNC(C)C1CCOC1. The van der Waals surface area contributed by atoms with Crippen LogP contribution in [0.1, 0.15) is 33.1 Å². The molecule has 1 fully saturated rings. The minimum Gasteiger partial charge on any atom is -0.382 e. The summed E-state index contributed by atoms with van der Waals surface area (Å²) in [6, 6.07) is 0.597. The molecule has 0 aromatic heterocycles. The zero-order valence-electron chi connectivity index (χ0n) is 10.1. The van der Waals surface area contributed by atoms with Gasteiger partial charge in [0.05, 0.1) is 6.61 Å². The standard InChI is InChI=1S/C12H25NO2/c1-3-14-8-5-4-7-13-11(2)12-6-9-15-10-12/h11-13H,3-10H2,1-2H3. The van der Waals surface area contributed by atoms with Crippen molar-refractivity contribution in [3.8, 4) is 0 Å². The highest BCUT2D eigenvalue weighted by Crippen LogP contribution is 2.16. The molecule has 0 aromatic rings. The average Bonchev–Trinajstić information content (AvgIpc) is 2.76. The molecule has 2 unspecified atom stereocenters. The smallest absolute Gasteiger partial charge is 0.0509 e. The topological polar surface area (TPSA) is 30.5 Å². The Morgan fingerprint density at radius 2 is 2.33 bits per heavy atom. The van der Waals surface area contributed by atoms with Crippen LogP contribution in [0.2, 0.25) is 0 Å². The Balaban J connectivity index is 1.90. The molecule has 1 aliphatic rings. The molecule has 15 heavy (non-hydrogen) atoms. The maximum absolute atomic E-state index is 5.38. The van der Waals surface area contributed by atoms with Gasteiger partial charge in [0.2, 0.25) is 0 Å². The predicted molar refractivity (Wildman–Crippen MR) is 62.1 cm³/mol. The van der Waals surface area contributed by atoms with Crippen LogP contribution in [-0.4, -0.2) is 39.0 Å². The molecule has 0 radical (unpaired) electrons. The fourth-order valence-corrected chi connectivity index (χ4v) is 1.92. The lowest BCUT2D eigenvalue weighted by atomic mass is 10.0. The summed E-state index contributed by atoms with van der Waals surface area (Å²) in [4.78, 5) is 0. The molecule has 0 amide bonds. The van der Waals surface area contributed by atoms with E-state index in [2.05, 4.69) is 12.2 Å². The van der Waals surface area contributed by atoms with Crippen molar-refractivity contribution in [1.82, 2.24) is 5.32 Å². The van der Waals surface area contributed by atoms with Crippen LogP contribution in [0.15, 0.2) is 0 Å². The summed E-state index contributed by atoms with van der Waals surface area (Å²) < 4.78 is 10.7. The second-order valence-corrected chi connectivity index (χ2v) is 4.27. The van der Waals surface area contributed by atoms with E-state index in [0.29, 0.717) is 6.04 Å². The van der Waals surface area contributed by atoms with Gasteiger partial charge in [-0.25, -0.2) is 0 Å². The lowest BCUT2D eigenvalue weighted by Crippen LogP contribution is -2.34. The fraction of sp³-hybridized carbons (Fsp3) is 1.00. The van der Waals surface area contributed by atoms with Gasteiger partial charge in [0.15, 0.2) is 0 Å². The lowest BCUT2D eigenvalue weighted by Gasteiger charge is -2.19. The van der Waals surface area contributed by atoms with Gasteiger partial charge in [0, 0.05) is 25.9 Å². The average molecular weight is 215 g/mol. The first-order valence-corrected chi connectivity index (χ1v) is 6.23. The molecule has 0 saturated carbocycles. The molecule has 3 nitrogen and oxygen atoms in total. The van der Waals surface area contributed by atoms with Crippen LogP contribution in [0, 0.1) is 5.92 Å². The maximum atomic E-state index is 5.38. The van der Waals surface area contributed by atoms with E-state index in [1.165, 1.54) is 12.8 Å². The highest BCUT2D eigenvalue weighted by atomic mass is 16.5. The van der Waals surface area contributed by atoms with Crippen molar-refractivity contribution in [2.45, 2.75) is 39.2 Å². The van der Waals surface area contributed by atoms with E-state index in [9.17, 15) is 0 Å². The van der Waals surface area contributed by atoms with Crippen LogP contribution in [-0.2, 0) is 9.47 Å². The number of hydrogen-bond donors (Lipinski definition) is 1. The van der Waals surface area contributed by atoms with Crippen molar-refractivity contribution < 1.29 is 9.47 Å². The Morgan fingerprint density at radius 3 is 3.00 bits per heavy atom. The van der Waals surface area contributed by atoms with Gasteiger partial charge >= 0.3 is 0 Å². The summed E-state index contributed by atoms with van der Waals surface area (Å²) >= 11 is 0. The van der Waals surface area contributed by atoms with Gasteiger partial charge in [-0.15, -0.1) is 0 Å². The molecule has 0 aromatic carbocycles. The van der Waals surface area contributed by atoms with Crippen LogP contribution < -0.4 is 5.32 Å². The third-order valence-electron chi connectivity index (χ3n) is 3.06. The van der Waals surface area contributed by atoms with Crippen molar-refractivity contribution in [2.75, 3.05) is 33.0 Å². The van der Waals surface area contributed by atoms with Crippen molar-refractivity contribution in [3.05, 3.63) is 0 Å². The minimum absolute atomic E-state index is 0.597. The highest BCUT2D eigenvalue weighted by molar-refractivity contribution is 4.75. The molecule has 1 rings (SSSR count). The molecule has 1 heterocycles. The van der Waals surface area contributed by atoms with Gasteiger partial charge in [-0.05, 0) is 45.6 Å². The summed E-state index contributed by atoms with van der Waals surface area (Å²) in [7, 11) is 0. The summed E-state index contributed by atoms with van der Waals surface area (Å²) in [5.41, 5.74) is 0. The van der Waals surface area contributed by atoms with Crippen LogP contribution in [0.25, 0.3) is 0 Å². The van der Waals surface area contributed by atoms with Crippen LogP contribution in [0.5, 0.6) is 0 Å². The Bertz CT molecular complexity index is 147. The summed E-state index contributed by atoms with van der Waals surface area (Å²) in [6.45, 7) is 9.03. The van der Waals surface area contributed by atoms with E-state index in [1.54, 1.807) is 0 Å². The molecule has 1 aliphatic heterocycles. The van der Waals surface area contributed by atoms with Crippen molar-refractivity contribution in [1.29, 1.82) is 0 Å². The minimum atomic E-state index is 0.597. The van der Waals surface area contributed by atoms with Crippen molar-refractivity contribution in [2.24, 2.45) is 5.92 Å². The largest absolute Gasteiger partial charge is 0.382 e. The highest BCUT2D eigenvalue weighted by Gasteiger charge is 2.21. The normalized spacial score (nSPS) is 23.2. The first-order chi connectivity index (χ1) is 7.34. The molecule has 0 bridgehead atoms. The zero-order valence-corrected chi connectivity index (χ0v) is 10.1. The summed E-state index contributed by atoms with van der Waals surface area (Å²) in [5.74, 6) is 0.719. The maximum Gasteiger partial charge on any atom is 0.0509 e. The molecule has 0 spiro atoms. The van der Waals surface area contributed by atoms with Crippen LogP contribution >= 0.6 is 0 Å². The van der Waals surface area contributed by atoms with Gasteiger partial charge in [0.25, 0.3) is 0 Å². The van der Waals surface area contributed by atoms with Gasteiger partial charge in [-0.2, -0.15) is 0 Å². The number of rotatable bonds is 8. The van der Waals surface area contributed by atoms with E-state index in [1.807, 2.05) is 6.92 Å². The molecular weight excluding hydrogens is 190 g/mol. The third kappa shape index (κ3) is 5.50. The van der Waals surface area contributed by atoms with Gasteiger partial charge in [-0.3, -0.25) is 0 Å². The van der Waals surface area contributed by atoms with Crippen molar-refractivity contribution >= 4 is 0 Å². The van der Waals surface area contributed by atoms with Crippen LogP contribution in [0.3, 0.4) is 0 Å². The molecular formula is C12H25NO2. The molecule has 1 N–H and O–H groups in total. The second-order valence-electron chi connectivity index (χ2n) is 4.27. The first-order valence-electron chi connectivity index (χ1n) is 6.23. The Labute approximate surface area is 93.5 Å². The number of nitrogens with one attached hydrogen (secondary N) is 1. The lowest BCUT2D eigenvalue weighted by molar-refractivity contribution is 0.142. The van der Waals surface area contributed by atoms with E-state index >= 15 is 0 Å². The number of unbranched alkanes of at least 4 members (excludes halogenated alkanes) is 1. The van der Waals surface area contributed by atoms with Crippen LogP contribution in [0.4, 0.5) is 0 Å². The zero-order chi connectivity index (χ0) is 10.9. The quantitative estimate of drug-likeness (QED) is 0.626. The first kappa shape index (κ1) is 12.9. The number of hydrogen-bond acceptors (Lipinski definition) is 3. The molecule has 1 saturated heterocycles. The van der Waals surface area contributed by atoms with E-state index in [4.69, 9.17) is 9.47 Å². The molecule has 3 heteroatoms. The Hall–Kier alpha value is -0.120. The van der Waals surface area contributed by atoms with Gasteiger partial charge in [0.1, 0.15) is 0 Å². The summed E-state index contributed by atoms with van der Waals surface area (Å²) in [5, 5.41) is 3.57. The van der Waals surface area contributed by atoms with E-state index in [0.717, 1.165) is 45.3 Å². The molecule has 0 aliphatic carbocycles. The Morgan fingerprint density at radius 1 is 1.47 bits per heavy atom.